The standard InChI is InChI=1S/C24H30N6O4.3C2H6.2CH3Cl/c1-29(17-23(33)27-25-15-19-7-3-5-9-21(19)31)11-13-30(2,14-12-29)18-24(34)28-26-16-20-8-4-6-10-22(20)32;5*1-2/h3-10,15-16H,11-14,17-18H2,1-2H3,(H2-2,25,26,27,28,31,32,33,34);3*1-2H3;2*1H3/p+2. The number of hydrazone groups is 2. The Morgan fingerprint density at radius 3 is 1.20 bits per heavy atom. The summed E-state index contributed by atoms with van der Waals surface area (Å²) in [6.07, 6.45) is 5.77. The third kappa shape index (κ3) is 18.5. The highest BCUT2D eigenvalue weighted by atomic mass is 35.5. The van der Waals surface area contributed by atoms with Crippen molar-refractivity contribution in [3.63, 3.8) is 0 Å². The van der Waals surface area contributed by atoms with Crippen LogP contribution < -0.4 is 10.9 Å². The topological polar surface area (TPSA) is 123 Å². The number of nitrogens with one attached hydrogen (secondary N) is 2. The maximum Gasteiger partial charge on any atom is 0.295 e. The molecule has 0 unspecified atom stereocenters. The van der Waals surface area contributed by atoms with E-state index in [9.17, 15) is 19.8 Å². The van der Waals surface area contributed by atoms with E-state index in [-0.39, 0.29) is 36.4 Å². The van der Waals surface area contributed by atoms with Crippen molar-refractivity contribution in [1.29, 1.82) is 0 Å². The van der Waals surface area contributed by atoms with Crippen LogP contribution in [0.5, 0.6) is 11.5 Å². The van der Waals surface area contributed by atoms with Gasteiger partial charge < -0.3 is 19.2 Å². The van der Waals surface area contributed by atoms with Crippen LogP contribution >= 0.6 is 23.2 Å². The van der Waals surface area contributed by atoms with E-state index in [4.69, 9.17) is 0 Å². The molecule has 1 aliphatic rings. The summed E-state index contributed by atoms with van der Waals surface area (Å²) in [6.45, 7) is 15.5. The maximum atomic E-state index is 12.4. The summed E-state index contributed by atoms with van der Waals surface area (Å²) in [4.78, 5) is 24.8. The summed E-state index contributed by atoms with van der Waals surface area (Å²) in [6, 6.07) is 13.5. The number of piperazine rings is 1. The largest absolute Gasteiger partial charge is 0.507 e. The zero-order chi connectivity index (χ0) is 34.6. The van der Waals surface area contributed by atoms with Crippen molar-refractivity contribution in [3.05, 3.63) is 59.7 Å². The zero-order valence-corrected chi connectivity index (χ0v) is 29.8. The zero-order valence-electron chi connectivity index (χ0n) is 28.3. The number of phenols is 2. The minimum absolute atomic E-state index is 0.0977. The Bertz CT molecular complexity index is 1010. The van der Waals surface area contributed by atoms with Crippen LogP contribution in [0.2, 0.25) is 0 Å². The smallest absolute Gasteiger partial charge is 0.295 e. The van der Waals surface area contributed by atoms with Gasteiger partial charge in [0, 0.05) is 23.9 Å². The van der Waals surface area contributed by atoms with Crippen molar-refractivity contribution in [1.82, 2.24) is 10.9 Å². The molecule has 10 nitrogen and oxygen atoms in total. The molecule has 0 saturated carbocycles. The fourth-order valence-electron chi connectivity index (χ4n) is 3.81. The van der Waals surface area contributed by atoms with Gasteiger partial charge >= 0.3 is 0 Å². The number of phenolic OH excluding ortho intramolecular Hbond substituents is 2. The van der Waals surface area contributed by atoms with Gasteiger partial charge in [0.2, 0.25) is 0 Å². The highest BCUT2D eigenvalue weighted by molar-refractivity contribution is 6.15. The van der Waals surface area contributed by atoms with Crippen LogP contribution in [0, 0.1) is 0 Å². The van der Waals surface area contributed by atoms with Crippen LogP contribution in [0.4, 0.5) is 0 Å². The lowest BCUT2D eigenvalue weighted by atomic mass is 10.2. The molecule has 1 fully saturated rings. The minimum atomic E-state index is -0.207. The first-order chi connectivity index (χ1) is 21.2. The molecule has 4 N–H and O–H groups in total. The van der Waals surface area contributed by atoms with Crippen LogP contribution in [0.3, 0.4) is 0 Å². The Kier molecular flexibility index (Phi) is 28.2. The number of nitrogens with zero attached hydrogens (tertiary/aromatic N) is 4. The molecule has 0 spiro atoms. The average molecular weight is 660 g/mol. The first-order valence-corrected chi connectivity index (χ1v) is 16.3. The predicted octanol–water partition coefficient (Wildman–Crippen LogP) is 5.39. The lowest BCUT2D eigenvalue weighted by Gasteiger charge is -2.45. The molecule has 3 rings (SSSR count). The average Bonchev–Trinajstić information content (AvgIpc) is 3.06. The lowest BCUT2D eigenvalue weighted by Crippen LogP contribution is -2.66. The molecule has 0 aromatic heterocycles. The summed E-state index contributed by atoms with van der Waals surface area (Å²) in [7, 11) is 4.04. The molecule has 0 bridgehead atoms. The van der Waals surface area contributed by atoms with Crippen LogP contribution in [0.15, 0.2) is 58.7 Å². The maximum absolute atomic E-state index is 12.4. The number of hydrogen-bond acceptors (Lipinski definition) is 6. The van der Waals surface area contributed by atoms with E-state index in [0.717, 1.165) is 26.2 Å². The molecule has 1 aliphatic heterocycles. The Hall–Kier alpha value is -3.18. The fourth-order valence-corrected chi connectivity index (χ4v) is 3.81. The quantitative estimate of drug-likeness (QED) is 0.131. The summed E-state index contributed by atoms with van der Waals surface area (Å²) < 4.78 is 1.11. The number of rotatable bonds is 8. The van der Waals surface area contributed by atoms with E-state index < -0.39 is 0 Å². The van der Waals surface area contributed by atoms with Gasteiger partial charge in [-0.3, -0.25) is 9.59 Å². The van der Waals surface area contributed by atoms with Crippen molar-refractivity contribution in [3.8, 4) is 11.5 Å². The van der Waals surface area contributed by atoms with Gasteiger partial charge in [-0.15, -0.1) is 23.2 Å². The van der Waals surface area contributed by atoms with Gasteiger partial charge in [-0.25, -0.2) is 10.9 Å². The van der Waals surface area contributed by atoms with Crippen LogP contribution in [0.25, 0.3) is 0 Å². The van der Waals surface area contributed by atoms with Crippen molar-refractivity contribution in [2.75, 3.05) is 66.1 Å². The number of carbonyl (C=O) groups is 2. The summed E-state index contributed by atoms with van der Waals surface area (Å²) in [5.74, 6) is -0.218. The highest BCUT2D eigenvalue weighted by Crippen LogP contribution is 2.16. The second-order valence-electron chi connectivity index (χ2n) is 9.15. The SMILES string of the molecule is CC.CC.CC.CCl.CCl.C[N+]1(CC(=O)N/N=C/c2ccccc2O)CC[N+](C)(CC(=O)N/N=C/c2ccccc2O)CC1. The number of quaternary nitrogens is 2. The molecule has 1 saturated heterocycles. The summed E-state index contributed by atoms with van der Waals surface area (Å²) >= 11 is 9.28. The van der Waals surface area contributed by atoms with Crippen molar-refractivity contribution < 1.29 is 28.8 Å². The van der Waals surface area contributed by atoms with Crippen LogP contribution in [0.1, 0.15) is 52.7 Å². The van der Waals surface area contributed by atoms with E-state index in [2.05, 4.69) is 44.3 Å². The molecular formula is C32H56Cl2N6O4+2. The number of carbonyl (C=O) groups excluding carboxylic acids is 2. The van der Waals surface area contributed by atoms with E-state index in [1.165, 1.54) is 25.2 Å². The third-order valence-corrected chi connectivity index (χ3v) is 6.07. The monoisotopic (exact) mass is 658 g/mol. The number of likely N-dealkylation sites (N-methyl/N-ethyl adjacent to an activating group) is 2. The van der Waals surface area contributed by atoms with Gasteiger partial charge in [0.15, 0.2) is 13.1 Å². The number of amides is 2. The molecule has 1 heterocycles. The van der Waals surface area contributed by atoms with Gasteiger partial charge in [0.1, 0.15) is 37.7 Å². The first-order valence-electron chi connectivity index (χ1n) is 14.8. The normalized spacial score (nSPS) is 18.2. The Balaban J connectivity index is -0.00000152. The molecule has 2 amide bonds. The van der Waals surface area contributed by atoms with Gasteiger partial charge in [-0.05, 0) is 24.3 Å². The Morgan fingerprint density at radius 1 is 0.659 bits per heavy atom. The second kappa shape index (κ2) is 27.4. The van der Waals surface area contributed by atoms with E-state index in [0.29, 0.717) is 20.1 Å². The fraction of sp³-hybridized carbons (Fsp3) is 0.500. The molecule has 250 valence electrons. The first kappa shape index (κ1) is 45.3. The van der Waals surface area contributed by atoms with Crippen LogP contribution in [-0.4, -0.2) is 110 Å². The van der Waals surface area contributed by atoms with E-state index in [1.54, 1.807) is 48.5 Å². The molecule has 2 aromatic carbocycles. The van der Waals surface area contributed by atoms with Crippen molar-refractivity contribution in [2.45, 2.75) is 41.5 Å². The van der Waals surface area contributed by atoms with E-state index in [1.807, 2.05) is 55.6 Å². The third-order valence-electron chi connectivity index (χ3n) is 6.07. The lowest BCUT2D eigenvalue weighted by molar-refractivity contribution is -1.01. The number of alkyl halides is 2. The number of para-hydroxylation sites is 2. The predicted molar refractivity (Wildman–Crippen MR) is 187 cm³/mol. The molecule has 0 aliphatic carbocycles. The highest BCUT2D eigenvalue weighted by Gasteiger charge is 2.39. The van der Waals surface area contributed by atoms with Crippen LogP contribution in [-0.2, 0) is 9.59 Å². The number of hydrogen-bond donors (Lipinski definition) is 4. The molecule has 12 heteroatoms. The summed E-state index contributed by atoms with van der Waals surface area (Å²) in [5, 5.41) is 27.4. The number of halogens is 2. The Labute approximate surface area is 275 Å². The molecular weight excluding hydrogens is 603 g/mol. The van der Waals surface area contributed by atoms with E-state index >= 15 is 0 Å². The number of aromatic hydroxyl groups is 2. The van der Waals surface area contributed by atoms with Gasteiger partial charge in [-0.2, -0.15) is 10.2 Å². The Morgan fingerprint density at radius 2 is 0.932 bits per heavy atom. The van der Waals surface area contributed by atoms with Crippen molar-refractivity contribution >= 4 is 47.4 Å². The van der Waals surface area contributed by atoms with Crippen molar-refractivity contribution in [2.24, 2.45) is 10.2 Å². The molecule has 2 aromatic rings. The molecule has 44 heavy (non-hydrogen) atoms. The summed E-state index contributed by atoms with van der Waals surface area (Å²) in [5.41, 5.74) is 6.10. The second-order valence-corrected chi connectivity index (χ2v) is 9.15. The van der Waals surface area contributed by atoms with Gasteiger partial charge in [0.25, 0.3) is 11.8 Å². The molecule has 0 radical (unpaired) electrons. The van der Waals surface area contributed by atoms with Gasteiger partial charge in [-0.1, -0.05) is 65.8 Å². The van der Waals surface area contributed by atoms with Gasteiger partial charge in [0.05, 0.1) is 26.5 Å². The number of benzene rings is 2. The molecule has 0 atom stereocenters. The minimum Gasteiger partial charge on any atom is -0.507 e.